The second-order valence-electron chi connectivity index (χ2n) is 2.79. The van der Waals surface area contributed by atoms with Gasteiger partial charge in [0.2, 0.25) is 0 Å². The average molecular weight is 198 g/mol. The van der Waals surface area contributed by atoms with Gasteiger partial charge in [0.25, 0.3) is 0 Å². The molecule has 0 aromatic carbocycles. The van der Waals surface area contributed by atoms with Crippen molar-refractivity contribution in [3.8, 4) is 0 Å². The summed E-state index contributed by atoms with van der Waals surface area (Å²) < 4.78 is 0. The Balaban J connectivity index is 3.02. The van der Waals surface area contributed by atoms with Crippen molar-refractivity contribution in [1.82, 2.24) is 0 Å². The molecule has 0 bridgehead atoms. The zero-order valence-electron chi connectivity index (χ0n) is 7.78. The van der Waals surface area contributed by atoms with Crippen LogP contribution in [-0.2, 0) is 0 Å². The van der Waals surface area contributed by atoms with E-state index in [0.29, 0.717) is 11.4 Å². The predicted octanol–water partition coefficient (Wildman–Crippen LogP) is 0.122. The van der Waals surface area contributed by atoms with Gasteiger partial charge in [-0.05, 0) is 13.0 Å². The van der Waals surface area contributed by atoms with Crippen molar-refractivity contribution in [2.45, 2.75) is 6.92 Å². The summed E-state index contributed by atoms with van der Waals surface area (Å²) >= 11 is 0. The van der Waals surface area contributed by atoms with E-state index in [1.807, 2.05) is 0 Å². The Kier molecular flexibility index (Phi) is 3.35. The maximum atomic E-state index is 10.7. The number of aromatic nitrogens is 1. The van der Waals surface area contributed by atoms with Gasteiger partial charge in [0, 0.05) is 5.56 Å². The van der Waals surface area contributed by atoms with Gasteiger partial charge in [0.1, 0.15) is 6.54 Å². The monoisotopic (exact) mass is 198 g/mol. The van der Waals surface area contributed by atoms with Crippen molar-refractivity contribution in [3.05, 3.63) is 27.9 Å². The lowest BCUT2D eigenvalue weighted by Gasteiger charge is -1.99. The van der Waals surface area contributed by atoms with Gasteiger partial charge < -0.3 is 5.11 Å². The summed E-state index contributed by atoms with van der Waals surface area (Å²) in [4.78, 5) is 13.0. The van der Waals surface area contributed by atoms with E-state index >= 15 is 0 Å². The molecular formula is C8H12N3O3+. The molecule has 6 nitrogen and oxygen atoms in total. The lowest BCUT2D eigenvalue weighted by molar-refractivity contribution is -0.410. The number of H-pyrrole nitrogens is 1. The van der Waals surface area contributed by atoms with Crippen LogP contribution in [0.5, 0.6) is 0 Å². The van der Waals surface area contributed by atoms with Crippen molar-refractivity contribution in [2.75, 3.05) is 18.5 Å². The molecule has 1 rings (SSSR count). The lowest BCUT2D eigenvalue weighted by Crippen LogP contribution is -2.18. The van der Waals surface area contributed by atoms with Crippen molar-refractivity contribution >= 4 is 11.5 Å². The van der Waals surface area contributed by atoms with Crippen molar-refractivity contribution in [2.24, 2.45) is 0 Å². The van der Waals surface area contributed by atoms with E-state index in [-0.39, 0.29) is 18.8 Å². The van der Waals surface area contributed by atoms with Crippen LogP contribution in [0.25, 0.3) is 0 Å². The lowest BCUT2D eigenvalue weighted by atomic mass is 10.2. The number of aromatic amines is 1. The number of pyridine rings is 1. The first-order valence-electron chi connectivity index (χ1n) is 4.17. The van der Waals surface area contributed by atoms with Gasteiger partial charge in [-0.25, -0.2) is 4.98 Å². The Hall–Kier alpha value is -1.69. The highest BCUT2D eigenvalue weighted by Crippen LogP contribution is 2.22. The van der Waals surface area contributed by atoms with E-state index in [4.69, 9.17) is 5.11 Å². The van der Waals surface area contributed by atoms with Gasteiger partial charge in [-0.1, -0.05) is 0 Å². The third-order valence-electron chi connectivity index (χ3n) is 1.77. The number of aryl methyl sites for hydroxylation is 1. The second-order valence-corrected chi connectivity index (χ2v) is 2.79. The third kappa shape index (κ3) is 2.17. The van der Waals surface area contributed by atoms with Gasteiger partial charge in [-0.3, -0.25) is 15.4 Å². The molecule has 0 aliphatic heterocycles. The third-order valence-corrected chi connectivity index (χ3v) is 1.77. The molecule has 6 heteroatoms. The van der Waals surface area contributed by atoms with Crippen LogP contribution in [0.1, 0.15) is 5.56 Å². The quantitative estimate of drug-likeness (QED) is 0.531. The molecule has 0 aliphatic carbocycles. The number of aliphatic hydroxyl groups excluding tert-OH is 1. The fraction of sp³-hybridized carbons (Fsp3) is 0.375. The van der Waals surface area contributed by atoms with E-state index < -0.39 is 4.92 Å². The number of hydrogen-bond donors (Lipinski definition) is 2. The van der Waals surface area contributed by atoms with Crippen LogP contribution in [0.15, 0.2) is 12.3 Å². The number of rotatable bonds is 4. The van der Waals surface area contributed by atoms with Crippen LogP contribution in [0.4, 0.5) is 11.5 Å². The maximum Gasteiger partial charge on any atom is 0.360 e. The van der Waals surface area contributed by atoms with Gasteiger partial charge in [-0.15, -0.1) is 0 Å². The first-order chi connectivity index (χ1) is 6.66. The van der Waals surface area contributed by atoms with E-state index in [2.05, 4.69) is 10.3 Å². The highest BCUT2D eigenvalue weighted by molar-refractivity contribution is 5.55. The minimum Gasteiger partial charge on any atom is -0.392 e. The zero-order valence-corrected chi connectivity index (χ0v) is 7.78. The van der Waals surface area contributed by atoms with Gasteiger partial charge in [0.05, 0.1) is 17.7 Å². The van der Waals surface area contributed by atoms with Crippen LogP contribution < -0.4 is 10.3 Å². The molecule has 14 heavy (non-hydrogen) atoms. The van der Waals surface area contributed by atoms with Crippen molar-refractivity contribution in [1.29, 1.82) is 0 Å². The summed E-state index contributed by atoms with van der Waals surface area (Å²) in [6, 6.07) is 1.63. The summed E-state index contributed by atoms with van der Waals surface area (Å²) in [6.07, 6.45) is 1.61. The Bertz CT molecular complexity index is 341. The van der Waals surface area contributed by atoms with Crippen LogP contribution >= 0.6 is 0 Å². The molecule has 0 atom stereocenters. The SMILES string of the molecule is Cc1cc[nH+]c(NCCO)c1[N+](=O)[O-]. The van der Waals surface area contributed by atoms with Crippen LogP contribution in [0, 0.1) is 17.0 Å². The minimum atomic E-state index is -0.453. The molecular weight excluding hydrogens is 186 g/mol. The molecule has 3 N–H and O–H groups in total. The molecule has 0 amide bonds. The molecule has 76 valence electrons. The molecule has 0 unspecified atom stereocenters. The van der Waals surface area contributed by atoms with E-state index in [9.17, 15) is 10.1 Å². The Morgan fingerprint density at radius 1 is 1.71 bits per heavy atom. The van der Waals surface area contributed by atoms with Gasteiger partial charge >= 0.3 is 11.5 Å². The number of nitrogens with one attached hydrogen (secondary N) is 2. The fourth-order valence-corrected chi connectivity index (χ4v) is 1.15. The normalized spacial score (nSPS) is 9.86. The van der Waals surface area contributed by atoms with Crippen LogP contribution in [-0.4, -0.2) is 23.2 Å². The zero-order chi connectivity index (χ0) is 10.6. The average Bonchev–Trinajstić information content (AvgIpc) is 2.14. The first kappa shape index (κ1) is 10.4. The van der Waals surface area contributed by atoms with E-state index in [1.165, 1.54) is 0 Å². The molecule has 1 aromatic rings. The molecule has 0 saturated heterocycles. The van der Waals surface area contributed by atoms with Crippen molar-refractivity contribution in [3.63, 3.8) is 0 Å². The number of nitrogens with zero attached hydrogens (tertiary/aromatic N) is 1. The summed E-state index contributed by atoms with van der Waals surface area (Å²) in [6.45, 7) is 1.87. The topological polar surface area (TPSA) is 89.5 Å². The smallest absolute Gasteiger partial charge is 0.360 e. The van der Waals surface area contributed by atoms with Gasteiger partial charge in [0.15, 0.2) is 0 Å². The first-order valence-corrected chi connectivity index (χ1v) is 4.17. The molecule has 1 aromatic heterocycles. The van der Waals surface area contributed by atoms with E-state index in [1.54, 1.807) is 19.2 Å². The predicted molar refractivity (Wildman–Crippen MR) is 50.0 cm³/mol. The second kappa shape index (κ2) is 4.52. The highest BCUT2D eigenvalue weighted by atomic mass is 16.6. The highest BCUT2D eigenvalue weighted by Gasteiger charge is 2.22. The number of hydrogen-bond acceptors (Lipinski definition) is 4. The molecule has 0 saturated carbocycles. The summed E-state index contributed by atoms with van der Waals surface area (Å²) in [5, 5.41) is 22.0. The largest absolute Gasteiger partial charge is 0.392 e. The Morgan fingerprint density at radius 2 is 2.43 bits per heavy atom. The summed E-state index contributed by atoms with van der Waals surface area (Å²) in [5.74, 6) is 0.323. The minimum absolute atomic E-state index is 0.0148. The molecule has 0 fully saturated rings. The Labute approximate surface area is 80.7 Å². The van der Waals surface area contributed by atoms with Crippen LogP contribution in [0.2, 0.25) is 0 Å². The Morgan fingerprint density at radius 3 is 3.00 bits per heavy atom. The molecule has 0 aliphatic rings. The number of nitro groups is 1. The van der Waals surface area contributed by atoms with E-state index in [0.717, 1.165) is 0 Å². The summed E-state index contributed by atoms with van der Waals surface area (Å²) in [7, 11) is 0. The molecule has 1 heterocycles. The van der Waals surface area contributed by atoms with Gasteiger partial charge in [-0.2, -0.15) is 0 Å². The number of anilines is 1. The summed E-state index contributed by atoms with van der Waals surface area (Å²) in [5.41, 5.74) is 0.593. The fourth-order valence-electron chi connectivity index (χ4n) is 1.15. The molecule has 0 radical (unpaired) electrons. The molecule has 0 spiro atoms. The maximum absolute atomic E-state index is 10.7. The van der Waals surface area contributed by atoms with Crippen molar-refractivity contribution < 1.29 is 15.0 Å². The number of aliphatic hydroxyl groups is 1. The standard InChI is InChI=1S/C8H11N3O3/c1-6-2-3-9-8(10-4-5-12)7(6)11(13)14/h2-3,12H,4-5H2,1H3,(H,9,10)/p+1. The van der Waals surface area contributed by atoms with Crippen LogP contribution in [0.3, 0.4) is 0 Å².